The number of amides is 3. The number of nitriles is 1. The minimum absolute atomic E-state index is 0.0316. The van der Waals surface area contributed by atoms with E-state index >= 15 is 0 Å². The van der Waals surface area contributed by atoms with Crippen LogP contribution >= 0.6 is 15.9 Å². The van der Waals surface area contributed by atoms with E-state index in [1.807, 2.05) is 19.1 Å². The molecule has 0 spiro atoms. The number of non-ortho nitro benzene ring substituents is 1. The molecule has 12 nitrogen and oxygen atoms in total. The molecule has 1 aliphatic heterocycles. The predicted octanol–water partition coefficient (Wildman–Crippen LogP) is 6.51. The number of nitro benzene ring substituents is 1. The largest absolute Gasteiger partial charge is 0.372 e. The van der Waals surface area contributed by atoms with Crippen LogP contribution in [0.25, 0.3) is 0 Å². The first-order valence-corrected chi connectivity index (χ1v) is 13.9. The van der Waals surface area contributed by atoms with Gasteiger partial charge in [0.25, 0.3) is 17.5 Å². The number of nitrogens with zero attached hydrogens (tertiary/aromatic N) is 6. The predicted molar refractivity (Wildman–Crippen MR) is 159 cm³/mol. The molecule has 0 aliphatic carbocycles. The number of nitrogens with one attached hydrogen (secondary N) is 1. The van der Waals surface area contributed by atoms with Crippen molar-refractivity contribution in [2.45, 2.75) is 26.7 Å². The fourth-order valence-electron chi connectivity index (χ4n) is 4.56. The average molecular weight is 632 g/mol. The summed E-state index contributed by atoms with van der Waals surface area (Å²) in [6.45, 7) is 4.98. The van der Waals surface area contributed by atoms with Crippen LogP contribution in [0.5, 0.6) is 0 Å². The van der Waals surface area contributed by atoms with Crippen molar-refractivity contribution in [2.75, 3.05) is 29.9 Å². The SMILES string of the molecule is CCN(CCCCN1C(=O)c2ccccc2C1=O)c1ccc(N=Nc2c(Br)cc([N+](=O)[O-])cc2C#N)c(NC(C)=O)c1. The van der Waals surface area contributed by atoms with Crippen molar-refractivity contribution in [3.8, 4) is 6.07 Å². The highest BCUT2D eigenvalue weighted by Gasteiger charge is 2.34. The highest BCUT2D eigenvalue weighted by molar-refractivity contribution is 9.10. The summed E-state index contributed by atoms with van der Waals surface area (Å²) in [6, 6.07) is 16.3. The van der Waals surface area contributed by atoms with Crippen molar-refractivity contribution in [2.24, 2.45) is 10.2 Å². The average Bonchev–Trinajstić information content (AvgIpc) is 3.21. The molecule has 0 fully saturated rings. The standard InChI is InChI=1S/C29H26BrN7O5/c1-3-35(12-6-7-13-36-28(39)22-8-4-5-9-23(22)29(36)40)20-10-11-25(26(16-20)32-18(2)38)33-34-27-19(17-31)14-21(37(41)42)15-24(27)30/h4-5,8-11,14-16H,3,6-7,12-13H2,1-2H3,(H,32,38). The van der Waals surface area contributed by atoms with E-state index in [4.69, 9.17) is 0 Å². The van der Waals surface area contributed by atoms with Gasteiger partial charge in [-0.25, -0.2) is 0 Å². The number of hydrogen-bond acceptors (Lipinski definition) is 9. The summed E-state index contributed by atoms with van der Waals surface area (Å²) in [5.74, 6) is -0.854. The minimum atomic E-state index is -0.607. The molecular weight excluding hydrogens is 606 g/mol. The maximum absolute atomic E-state index is 12.6. The van der Waals surface area contributed by atoms with Gasteiger partial charge < -0.3 is 10.2 Å². The van der Waals surface area contributed by atoms with Gasteiger partial charge >= 0.3 is 0 Å². The molecule has 3 aromatic rings. The number of halogens is 1. The monoisotopic (exact) mass is 631 g/mol. The number of carbonyl (C=O) groups excluding carboxylic acids is 3. The molecule has 42 heavy (non-hydrogen) atoms. The van der Waals surface area contributed by atoms with Gasteiger partial charge in [-0.1, -0.05) is 12.1 Å². The second kappa shape index (κ2) is 13.1. The van der Waals surface area contributed by atoms with E-state index in [9.17, 15) is 29.8 Å². The lowest BCUT2D eigenvalue weighted by Gasteiger charge is -2.24. The quantitative estimate of drug-likeness (QED) is 0.0829. The summed E-state index contributed by atoms with van der Waals surface area (Å²) < 4.78 is 0.230. The molecule has 0 saturated heterocycles. The van der Waals surface area contributed by atoms with Crippen LogP contribution in [0.2, 0.25) is 0 Å². The van der Waals surface area contributed by atoms with Crippen molar-refractivity contribution >= 4 is 62.1 Å². The van der Waals surface area contributed by atoms with Crippen LogP contribution < -0.4 is 10.2 Å². The van der Waals surface area contributed by atoms with Crippen molar-refractivity contribution in [1.82, 2.24) is 4.90 Å². The number of anilines is 2. The van der Waals surface area contributed by atoms with Crippen molar-refractivity contribution in [3.05, 3.63) is 85.9 Å². The van der Waals surface area contributed by atoms with Gasteiger partial charge in [0, 0.05) is 44.4 Å². The molecule has 0 unspecified atom stereocenters. The maximum atomic E-state index is 12.6. The molecular formula is C29H26BrN7O5. The van der Waals surface area contributed by atoms with E-state index < -0.39 is 4.92 Å². The fraction of sp³-hybridized carbons (Fsp3) is 0.241. The number of imide groups is 1. The molecule has 0 atom stereocenters. The summed E-state index contributed by atoms with van der Waals surface area (Å²) in [4.78, 5) is 51.1. The van der Waals surface area contributed by atoms with Crippen molar-refractivity contribution in [1.29, 1.82) is 5.26 Å². The molecule has 4 rings (SSSR count). The second-order valence-corrected chi connectivity index (χ2v) is 10.2. The Bertz CT molecular complexity index is 1610. The zero-order valence-electron chi connectivity index (χ0n) is 22.8. The Balaban J connectivity index is 1.47. The van der Waals surface area contributed by atoms with Gasteiger partial charge in [-0.2, -0.15) is 5.26 Å². The number of azo groups is 1. The first-order valence-electron chi connectivity index (χ1n) is 13.1. The summed E-state index contributed by atoms with van der Waals surface area (Å²) >= 11 is 3.22. The molecule has 0 radical (unpaired) electrons. The van der Waals surface area contributed by atoms with Crippen LogP contribution in [0.15, 0.2) is 69.3 Å². The first kappa shape index (κ1) is 30.0. The Morgan fingerprint density at radius 3 is 2.38 bits per heavy atom. The smallest absolute Gasteiger partial charge is 0.272 e. The number of fused-ring (bicyclic) bond motifs is 1. The van der Waals surface area contributed by atoms with E-state index in [1.54, 1.807) is 36.4 Å². The normalized spacial score (nSPS) is 12.4. The molecule has 0 bridgehead atoms. The maximum Gasteiger partial charge on any atom is 0.272 e. The van der Waals surface area contributed by atoms with Crippen molar-refractivity contribution in [3.63, 3.8) is 0 Å². The van der Waals surface area contributed by atoms with Crippen LogP contribution in [-0.2, 0) is 4.79 Å². The number of unbranched alkanes of at least 4 members (excludes halogenated alkanes) is 1. The van der Waals surface area contributed by atoms with Gasteiger partial charge in [-0.05, 0) is 66.0 Å². The number of carbonyl (C=O) groups is 3. The van der Waals surface area contributed by atoms with Gasteiger partial charge in [-0.3, -0.25) is 29.4 Å². The van der Waals surface area contributed by atoms with E-state index in [0.29, 0.717) is 55.0 Å². The van der Waals surface area contributed by atoms with Crippen molar-refractivity contribution < 1.29 is 19.3 Å². The highest BCUT2D eigenvalue weighted by Crippen LogP contribution is 2.37. The molecule has 1 aliphatic rings. The van der Waals surface area contributed by atoms with E-state index in [2.05, 4.69) is 36.4 Å². The van der Waals surface area contributed by atoms with Gasteiger partial charge in [-0.15, -0.1) is 10.2 Å². The lowest BCUT2D eigenvalue weighted by molar-refractivity contribution is -0.384. The Morgan fingerprint density at radius 1 is 1.10 bits per heavy atom. The third-order valence-electron chi connectivity index (χ3n) is 6.61. The Kier molecular flexibility index (Phi) is 9.39. The summed E-state index contributed by atoms with van der Waals surface area (Å²) in [5.41, 5.74) is 2.23. The molecule has 0 aromatic heterocycles. The second-order valence-electron chi connectivity index (χ2n) is 9.37. The van der Waals surface area contributed by atoms with Gasteiger partial charge in [0.2, 0.25) is 5.91 Å². The Morgan fingerprint density at radius 2 is 1.79 bits per heavy atom. The zero-order chi connectivity index (χ0) is 30.4. The first-order chi connectivity index (χ1) is 20.1. The number of hydrogen-bond donors (Lipinski definition) is 1. The molecule has 214 valence electrons. The Hall–Kier alpha value is -4.96. The van der Waals surface area contributed by atoms with E-state index in [0.717, 1.165) is 11.8 Å². The van der Waals surface area contributed by atoms with Gasteiger partial charge in [0.05, 0.1) is 31.8 Å². The van der Waals surface area contributed by atoms with Gasteiger partial charge in [0.15, 0.2) is 0 Å². The lowest BCUT2D eigenvalue weighted by atomic mass is 10.1. The molecule has 1 N–H and O–H groups in total. The summed E-state index contributed by atoms with van der Waals surface area (Å²) in [7, 11) is 0. The molecule has 13 heteroatoms. The zero-order valence-corrected chi connectivity index (χ0v) is 24.4. The molecule has 1 heterocycles. The third-order valence-corrected chi connectivity index (χ3v) is 7.22. The van der Waals surface area contributed by atoms with Crippen LogP contribution in [0, 0.1) is 21.4 Å². The van der Waals surface area contributed by atoms with Crippen LogP contribution in [0.4, 0.5) is 28.4 Å². The van der Waals surface area contributed by atoms with E-state index in [1.165, 1.54) is 17.9 Å². The highest BCUT2D eigenvalue weighted by atomic mass is 79.9. The lowest BCUT2D eigenvalue weighted by Crippen LogP contribution is -2.31. The molecule has 0 saturated carbocycles. The molecule has 3 aromatic carbocycles. The summed E-state index contributed by atoms with van der Waals surface area (Å²) in [5, 5.41) is 31.7. The molecule has 3 amide bonds. The van der Waals surface area contributed by atoms with Gasteiger partial charge in [0.1, 0.15) is 17.4 Å². The Labute approximate surface area is 249 Å². The fourth-order valence-corrected chi connectivity index (χ4v) is 5.09. The van der Waals surface area contributed by atoms with Crippen LogP contribution in [0.3, 0.4) is 0 Å². The topological polar surface area (TPSA) is 161 Å². The van der Waals surface area contributed by atoms with E-state index in [-0.39, 0.29) is 39.1 Å². The third kappa shape index (κ3) is 6.50. The van der Waals surface area contributed by atoms with Crippen LogP contribution in [0.1, 0.15) is 53.0 Å². The number of nitro groups is 1. The minimum Gasteiger partial charge on any atom is -0.372 e. The summed E-state index contributed by atoms with van der Waals surface area (Å²) in [6.07, 6.45) is 1.33. The number of benzene rings is 3. The number of rotatable bonds is 11. The van der Waals surface area contributed by atoms with Crippen LogP contribution in [-0.4, -0.2) is 47.2 Å².